The van der Waals surface area contributed by atoms with E-state index in [2.05, 4.69) is 0 Å². The van der Waals surface area contributed by atoms with Gasteiger partial charge in [-0.25, -0.2) is 0 Å². The fraction of sp³-hybridized carbons (Fsp3) is 0.700. The van der Waals surface area contributed by atoms with Crippen molar-refractivity contribution >= 4 is 88.2 Å². The van der Waals surface area contributed by atoms with Crippen LogP contribution >= 0.6 is 72.2 Å². The van der Waals surface area contributed by atoms with E-state index in [1.54, 1.807) is 14.3 Å². The lowest BCUT2D eigenvalue weighted by atomic mass is 10.1. The molecule has 0 aliphatic carbocycles. The molecule has 116 valence electrons. The zero-order valence-electron chi connectivity index (χ0n) is 11.9. The molecule has 4 nitrogen and oxygen atoms in total. The van der Waals surface area contributed by atoms with Gasteiger partial charge in [0.15, 0.2) is 5.92 Å². The molecule has 0 aromatic rings. The molecule has 0 fully saturated rings. The van der Waals surface area contributed by atoms with Gasteiger partial charge in [-0.3, -0.25) is 12.2 Å². The van der Waals surface area contributed by atoms with Crippen molar-refractivity contribution in [1.82, 2.24) is 7.42 Å². The third kappa shape index (κ3) is 5.80. The van der Waals surface area contributed by atoms with Crippen molar-refractivity contribution in [2.75, 3.05) is 31.6 Å². The number of esters is 1. The molecule has 0 spiro atoms. The van der Waals surface area contributed by atoms with E-state index >= 15 is 0 Å². The molecular formula is C10H18N2O2S6. The summed E-state index contributed by atoms with van der Waals surface area (Å²) >= 11 is 16.6. The van der Waals surface area contributed by atoms with E-state index in [0.717, 1.165) is 0 Å². The Labute approximate surface area is 149 Å². The van der Waals surface area contributed by atoms with E-state index in [0.29, 0.717) is 16.6 Å². The molecule has 0 radical (unpaired) electrons. The average molecular weight is 391 g/mol. The Hall–Kier alpha value is 0.650. The zero-order valence-corrected chi connectivity index (χ0v) is 16.8. The van der Waals surface area contributed by atoms with Gasteiger partial charge in [-0.1, -0.05) is 24.4 Å². The molecule has 0 atom stereocenters. The van der Waals surface area contributed by atoms with Gasteiger partial charge in [0.2, 0.25) is 0 Å². The van der Waals surface area contributed by atoms with Gasteiger partial charge in [-0.05, 0) is 54.7 Å². The minimum absolute atomic E-state index is 0.303. The molecule has 0 aliphatic rings. The second-order valence-electron chi connectivity index (χ2n) is 3.11. The van der Waals surface area contributed by atoms with Crippen molar-refractivity contribution in [1.29, 1.82) is 0 Å². The van der Waals surface area contributed by atoms with Crippen LogP contribution in [-0.2, 0) is 9.53 Å². The lowest BCUT2D eigenvalue weighted by Crippen LogP contribution is -2.40. The standard InChI is InChI=1S/C10H18N2O2S6/c1-6-14-10(13)7(8(15)11(17-2)18-3)9(16)12(19-4)20-5/h7H,6H2,1-5H3. The van der Waals surface area contributed by atoms with E-state index in [4.69, 9.17) is 29.2 Å². The second-order valence-corrected chi connectivity index (χ2v) is 7.33. The van der Waals surface area contributed by atoms with Gasteiger partial charge in [-0.2, -0.15) is 0 Å². The van der Waals surface area contributed by atoms with Crippen LogP contribution in [0.5, 0.6) is 0 Å². The van der Waals surface area contributed by atoms with Crippen molar-refractivity contribution in [2.24, 2.45) is 5.92 Å². The highest BCUT2D eigenvalue weighted by Crippen LogP contribution is 2.28. The van der Waals surface area contributed by atoms with Crippen molar-refractivity contribution < 1.29 is 9.53 Å². The number of carbonyl (C=O) groups excluding carboxylic acids is 1. The number of hydrogen-bond donors (Lipinski definition) is 0. The van der Waals surface area contributed by atoms with E-state index < -0.39 is 11.9 Å². The Morgan fingerprint density at radius 1 is 1.00 bits per heavy atom. The van der Waals surface area contributed by atoms with Crippen molar-refractivity contribution in [2.45, 2.75) is 6.92 Å². The number of thiocarbonyl (C=S) groups is 2. The maximum Gasteiger partial charge on any atom is 0.322 e. The summed E-state index contributed by atoms with van der Waals surface area (Å²) in [6.07, 6.45) is 7.59. The molecule has 0 saturated carbocycles. The highest BCUT2D eigenvalue weighted by atomic mass is 32.2. The summed E-state index contributed by atoms with van der Waals surface area (Å²) in [5.74, 6) is -1.12. The predicted octanol–water partition coefficient (Wildman–Crippen LogP) is 3.54. The number of rotatable bonds is 8. The van der Waals surface area contributed by atoms with Crippen LogP contribution in [0.4, 0.5) is 0 Å². The number of carbonyl (C=O) groups is 1. The van der Waals surface area contributed by atoms with Gasteiger partial charge in [-0.15, -0.1) is 0 Å². The summed E-state index contributed by atoms with van der Waals surface area (Å²) in [6.45, 7) is 2.07. The van der Waals surface area contributed by atoms with Gasteiger partial charge in [0.1, 0.15) is 9.98 Å². The first kappa shape index (κ1) is 20.6. The second kappa shape index (κ2) is 11.2. The Bertz CT molecular complexity index is 323. The molecule has 0 unspecified atom stereocenters. The minimum Gasteiger partial charge on any atom is -0.465 e. The summed E-state index contributed by atoms with van der Waals surface area (Å²) in [5, 5.41) is 0. The molecule has 0 N–H and O–H groups in total. The first-order valence-electron chi connectivity index (χ1n) is 5.49. The number of nitrogens with zero attached hydrogens (tertiary/aromatic N) is 2. The molecule has 0 rings (SSSR count). The zero-order chi connectivity index (χ0) is 15.7. The first-order valence-corrected chi connectivity index (χ1v) is 11.0. The lowest BCUT2D eigenvalue weighted by Gasteiger charge is -2.28. The predicted molar refractivity (Wildman–Crippen MR) is 103 cm³/mol. The molecule has 0 bridgehead atoms. The van der Waals surface area contributed by atoms with Crippen LogP contribution < -0.4 is 0 Å². The van der Waals surface area contributed by atoms with Crippen molar-refractivity contribution in [3.8, 4) is 0 Å². The fourth-order valence-electron chi connectivity index (χ4n) is 1.25. The van der Waals surface area contributed by atoms with Gasteiger partial charge in [0.25, 0.3) is 0 Å². The SMILES string of the molecule is CCOC(=O)C(C(=S)N(SC)SC)C(=S)N(SC)SC. The van der Waals surface area contributed by atoms with E-state index in [-0.39, 0.29) is 0 Å². The Morgan fingerprint density at radius 2 is 1.35 bits per heavy atom. The number of hydrogen-bond acceptors (Lipinski definition) is 8. The summed E-state index contributed by atoms with van der Waals surface area (Å²) in [7, 11) is 0. The quantitative estimate of drug-likeness (QED) is 0.348. The van der Waals surface area contributed by atoms with Crippen LogP contribution in [-0.4, -0.2) is 55.0 Å². The largest absolute Gasteiger partial charge is 0.465 e. The molecule has 20 heavy (non-hydrogen) atoms. The van der Waals surface area contributed by atoms with Crippen LogP contribution in [0, 0.1) is 5.92 Å². The lowest BCUT2D eigenvalue weighted by molar-refractivity contribution is -0.143. The third-order valence-electron chi connectivity index (χ3n) is 2.04. The van der Waals surface area contributed by atoms with Crippen LogP contribution in [0.15, 0.2) is 0 Å². The summed E-state index contributed by atoms with van der Waals surface area (Å²) in [4.78, 5) is 13.1. The molecule has 0 amide bonds. The van der Waals surface area contributed by atoms with Crippen LogP contribution in [0.2, 0.25) is 0 Å². The summed E-state index contributed by atoms with van der Waals surface area (Å²) < 4.78 is 8.71. The molecule has 0 aliphatic heterocycles. The van der Waals surface area contributed by atoms with Gasteiger partial charge in [0, 0.05) is 25.0 Å². The summed E-state index contributed by atoms with van der Waals surface area (Å²) in [5.41, 5.74) is 0. The molecular weight excluding hydrogens is 373 g/mol. The monoisotopic (exact) mass is 390 g/mol. The average Bonchev–Trinajstić information content (AvgIpc) is 2.42. The highest BCUT2D eigenvalue weighted by molar-refractivity contribution is 8.13. The topological polar surface area (TPSA) is 32.8 Å². The van der Waals surface area contributed by atoms with Crippen molar-refractivity contribution in [3.63, 3.8) is 0 Å². The van der Waals surface area contributed by atoms with Gasteiger partial charge < -0.3 is 4.74 Å². The van der Waals surface area contributed by atoms with Gasteiger partial charge >= 0.3 is 5.97 Å². The third-order valence-corrected chi connectivity index (χ3v) is 7.24. The van der Waals surface area contributed by atoms with Crippen LogP contribution in [0.25, 0.3) is 0 Å². The molecule has 0 aromatic carbocycles. The molecule has 0 saturated heterocycles. The number of ether oxygens (including phenoxy) is 1. The fourth-order valence-corrected chi connectivity index (χ4v) is 4.97. The maximum absolute atomic E-state index is 12.2. The normalized spacial score (nSPS) is 10.3. The molecule has 0 heterocycles. The summed E-state index contributed by atoms with van der Waals surface area (Å²) in [6, 6.07) is 0. The minimum atomic E-state index is -0.722. The van der Waals surface area contributed by atoms with E-state index in [9.17, 15) is 4.79 Å². The van der Waals surface area contributed by atoms with Crippen LogP contribution in [0.3, 0.4) is 0 Å². The smallest absolute Gasteiger partial charge is 0.322 e. The molecule has 0 aromatic heterocycles. The van der Waals surface area contributed by atoms with Crippen molar-refractivity contribution in [3.05, 3.63) is 0 Å². The Kier molecular flexibility index (Phi) is 11.6. The highest BCUT2D eigenvalue weighted by Gasteiger charge is 2.35. The first-order chi connectivity index (χ1) is 9.48. The van der Waals surface area contributed by atoms with Gasteiger partial charge in [0.05, 0.1) is 6.61 Å². The molecule has 10 heteroatoms. The van der Waals surface area contributed by atoms with E-state index in [1.807, 2.05) is 25.0 Å². The Balaban J connectivity index is 5.32. The van der Waals surface area contributed by atoms with E-state index in [1.165, 1.54) is 47.8 Å². The Morgan fingerprint density at radius 3 is 1.60 bits per heavy atom. The maximum atomic E-state index is 12.2. The van der Waals surface area contributed by atoms with Crippen LogP contribution in [0.1, 0.15) is 6.92 Å².